The van der Waals surface area contributed by atoms with Gasteiger partial charge in [-0.3, -0.25) is 19.6 Å². The van der Waals surface area contributed by atoms with Crippen LogP contribution in [0.4, 0.5) is 9.59 Å². The molecule has 2 aliphatic heterocycles. The number of carbonyl (C=O) groups excluding carboxylic acids is 4. The highest BCUT2D eigenvalue weighted by Gasteiger charge is 2.79. The van der Waals surface area contributed by atoms with Gasteiger partial charge in [-0.05, 0) is 173 Å². The number of nitrogens with one attached hydrogen (secondary N) is 4. The monoisotopic (exact) mass is 989 g/mol. The Kier molecular flexibility index (Phi) is 10.9. The van der Waals surface area contributed by atoms with Crippen LogP contribution in [0.5, 0.6) is 0 Å². The van der Waals surface area contributed by atoms with Crippen LogP contribution in [0.3, 0.4) is 0 Å². The lowest BCUT2D eigenvalue weighted by Gasteiger charge is -2.31. The number of aromatic nitrogens is 6. The summed E-state index contributed by atoms with van der Waals surface area (Å²) in [4.78, 5) is 83.8. The first-order valence-corrected chi connectivity index (χ1v) is 26.6. The first-order valence-electron chi connectivity index (χ1n) is 26.6. The zero-order valence-electron chi connectivity index (χ0n) is 43.5. The molecule has 1 aromatic carbocycles. The van der Waals surface area contributed by atoms with Crippen LogP contribution < -0.4 is 10.6 Å². The van der Waals surface area contributed by atoms with Crippen LogP contribution in [-0.4, -0.2) is 103 Å². The molecule has 16 heteroatoms. The quantitative estimate of drug-likeness (QED) is 0.0934. The van der Waals surface area contributed by atoms with Crippen LogP contribution >= 0.6 is 0 Å². The van der Waals surface area contributed by atoms with E-state index in [-0.39, 0.29) is 39.5 Å². The summed E-state index contributed by atoms with van der Waals surface area (Å²) in [7, 11) is 2.63. The van der Waals surface area contributed by atoms with Gasteiger partial charge in [-0.25, -0.2) is 19.6 Å². The van der Waals surface area contributed by atoms with Gasteiger partial charge in [-0.15, -0.1) is 0 Å². The lowest BCUT2D eigenvalue weighted by atomic mass is 9.73. The number of alkyl carbamates (subject to hydrolysis) is 2. The third-order valence-corrected chi connectivity index (χ3v) is 18.5. The molecule has 3 saturated carbocycles. The van der Waals surface area contributed by atoms with Crippen LogP contribution in [0.15, 0.2) is 49.1 Å². The molecule has 73 heavy (non-hydrogen) atoms. The number of hydrogen-bond donors (Lipinski definition) is 4. The highest BCUT2D eigenvalue weighted by molar-refractivity contribution is 5.90. The van der Waals surface area contributed by atoms with E-state index in [0.29, 0.717) is 31.8 Å². The van der Waals surface area contributed by atoms with Crippen molar-refractivity contribution in [1.82, 2.24) is 50.3 Å². The molecule has 0 bridgehead atoms. The highest BCUT2D eigenvalue weighted by atomic mass is 16.5. The molecule has 382 valence electrons. The zero-order chi connectivity index (χ0) is 51.0. The number of fused-ring (bicyclic) bond motifs is 4. The molecule has 5 fully saturated rings. The Morgan fingerprint density at radius 3 is 1.78 bits per heavy atom. The molecule has 2 saturated heterocycles. The average Bonchev–Trinajstić information content (AvgIpc) is 4.22. The van der Waals surface area contributed by atoms with E-state index < -0.39 is 29.8 Å². The number of carbonyl (C=O) groups is 4. The molecule has 6 heterocycles. The van der Waals surface area contributed by atoms with Gasteiger partial charge in [-0.1, -0.05) is 41.5 Å². The topological polar surface area (TPSA) is 200 Å². The molecule has 3 unspecified atom stereocenters. The summed E-state index contributed by atoms with van der Waals surface area (Å²) in [6.45, 7) is 14.7. The van der Waals surface area contributed by atoms with E-state index in [1.54, 1.807) is 0 Å². The summed E-state index contributed by atoms with van der Waals surface area (Å²) in [5.74, 6) is 1.65. The van der Waals surface area contributed by atoms with Crippen molar-refractivity contribution in [2.75, 3.05) is 27.3 Å². The highest BCUT2D eigenvalue weighted by Crippen LogP contribution is 2.76. The minimum absolute atomic E-state index is 0.0854. The molecule has 16 nitrogen and oxygen atoms in total. The summed E-state index contributed by atoms with van der Waals surface area (Å²) in [5, 5.41) is 5.52. The number of ether oxygens (including phenoxy) is 2. The van der Waals surface area contributed by atoms with E-state index in [1.165, 1.54) is 47.6 Å². The van der Waals surface area contributed by atoms with Crippen molar-refractivity contribution in [3.63, 3.8) is 0 Å². The molecule has 4 N–H and O–H groups in total. The Labute approximate surface area is 426 Å². The van der Waals surface area contributed by atoms with E-state index in [4.69, 9.17) is 29.4 Å². The van der Waals surface area contributed by atoms with E-state index >= 15 is 0 Å². The maximum atomic E-state index is 14.2. The van der Waals surface area contributed by atoms with E-state index in [0.717, 1.165) is 110 Å². The minimum Gasteiger partial charge on any atom is -0.453 e. The fourth-order valence-electron chi connectivity index (χ4n) is 14.1. The van der Waals surface area contributed by atoms with Crippen LogP contribution in [0.2, 0.25) is 0 Å². The number of amides is 4. The Balaban J connectivity index is 0.884. The molecule has 2 spiro atoms. The number of aromatic amines is 2. The molecule has 5 aliphatic carbocycles. The first kappa shape index (κ1) is 47.4. The number of H-pyrrole nitrogens is 2. The number of likely N-dealkylation sites (tertiary alicyclic amines) is 2. The van der Waals surface area contributed by atoms with Crippen LogP contribution in [0, 0.1) is 16.7 Å². The van der Waals surface area contributed by atoms with Gasteiger partial charge in [0, 0.05) is 25.5 Å². The van der Waals surface area contributed by atoms with Crippen LogP contribution in [0.25, 0.3) is 45.0 Å². The Morgan fingerprint density at radius 1 is 0.699 bits per heavy atom. The van der Waals surface area contributed by atoms with Gasteiger partial charge >= 0.3 is 12.2 Å². The third-order valence-electron chi connectivity index (χ3n) is 18.5. The van der Waals surface area contributed by atoms with Gasteiger partial charge in [0.15, 0.2) is 0 Å². The second-order valence-corrected chi connectivity index (χ2v) is 23.8. The number of imidazole rings is 2. The van der Waals surface area contributed by atoms with E-state index in [9.17, 15) is 19.2 Å². The number of pyridine rings is 2. The zero-order valence-corrected chi connectivity index (χ0v) is 43.5. The van der Waals surface area contributed by atoms with Crippen LogP contribution in [0.1, 0.15) is 146 Å². The summed E-state index contributed by atoms with van der Waals surface area (Å²) in [5.41, 5.74) is 13.2. The van der Waals surface area contributed by atoms with Gasteiger partial charge < -0.3 is 39.9 Å². The number of piperidine rings is 1. The van der Waals surface area contributed by atoms with Gasteiger partial charge in [0.2, 0.25) is 11.8 Å². The maximum Gasteiger partial charge on any atom is 0.407 e. The van der Waals surface area contributed by atoms with E-state index in [1.807, 2.05) is 48.4 Å². The average molecular weight is 989 g/mol. The van der Waals surface area contributed by atoms with Crippen molar-refractivity contribution < 1.29 is 28.7 Å². The van der Waals surface area contributed by atoms with Crippen molar-refractivity contribution in [2.45, 2.75) is 153 Å². The van der Waals surface area contributed by atoms with Crippen molar-refractivity contribution in [1.29, 1.82) is 0 Å². The predicted molar refractivity (Wildman–Crippen MR) is 274 cm³/mol. The summed E-state index contributed by atoms with van der Waals surface area (Å²) >= 11 is 0. The van der Waals surface area contributed by atoms with Crippen molar-refractivity contribution in [3.05, 3.63) is 83.0 Å². The van der Waals surface area contributed by atoms with Gasteiger partial charge in [0.1, 0.15) is 29.3 Å². The standard InChI is InChI=1S/C57H68N10O6/c1-9-35(64-51(70)72-7)48(68)66-29-55(17-18-55)25-41(66)47-60-27-39(62-47)37-23-31(13-21-58-37)43-33-11-15-54(5,6)46(33)44(34-12-16-53(3,4)45(34)43)32-14-22-59-38(24-32)40-28-61-50(63-40)57-26-42(57)56(19-20-56)30-67(57)49(69)36(10-2)65-52(71)73-8/h13-14,21-24,27-28,35-36,41-42H,9-12,15-20,25-26,29-30H2,1-8H3,(H,60,62)(H,61,63)(H,64,70)(H,65,71)/t35-,36?,41+,42?,57?/m1/s1. The number of nitrogens with zero attached hydrogens (tertiary/aromatic N) is 6. The van der Waals surface area contributed by atoms with Crippen LogP contribution in [-0.2, 0) is 48.3 Å². The molecule has 12 rings (SSSR count). The smallest absolute Gasteiger partial charge is 0.407 e. The molecular formula is C57H68N10O6. The lowest BCUT2D eigenvalue weighted by molar-refractivity contribution is -0.136. The Bertz CT molecular complexity index is 3110. The van der Waals surface area contributed by atoms with Crippen molar-refractivity contribution >= 4 is 24.0 Å². The normalized spacial score (nSPS) is 24.4. The van der Waals surface area contributed by atoms with Crippen molar-refractivity contribution in [3.8, 4) is 45.0 Å². The molecule has 4 aromatic heterocycles. The Hall–Kier alpha value is -6.58. The minimum atomic E-state index is -0.682. The summed E-state index contributed by atoms with van der Waals surface area (Å²) in [6.07, 6.45) is 17.2. The largest absolute Gasteiger partial charge is 0.453 e. The number of benzene rings is 1. The van der Waals surface area contributed by atoms with Gasteiger partial charge in [0.25, 0.3) is 0 Å². The number of hydrogen-bond acceptors (Lipinski definition) is 10. The maximum absolute atomic E-state index is 14.2. The van der Waals surface area contributed by atoms with Gasteiger partial charge in [0.05, 0.1) is 55.4 Å². The summed E-state index contributed by atoms with van der Waals surface area (Å²) in [6, 6.07) is 7.17. The van der Waals surface area contributed by atoms with Gasteiger partial charge in [-0.2, -0.15) is 0 Å². The molecule has 5 atom stereocenters. The molecule has 7 aliphatic rings. The molecular weight excluding hydrogens is 921 g/mol. The first-order chi connectivity index (χ1) is 35.0. The van der Waals surface area contributed by atoms with Crippen molar-refractivity contribution in [2.24, 2.45) is 16.7 Å². The molecule has 0 radical (unpaired) electrons. The fraction of sp³-hybridized carbons (Fsp3) is 0.544. The number of methoxy groups -OCH3 is 2. The fourth-order valence-corrected chi connectivity index (χ4v) is 14.1. The lowest BCUT2D eigenvalue weighted by Crippen LogP contribution is -2.51. The molecule has 4 amide bonds. The predicted octanol–water partition coefficient (Wildman–Crippen LogP) is 9.20. The third kappa shape index (κ3) is 7.49. The number of rotatable bonds is 12. The Morgan fingerprint density at radius 2 is 1.25 bits per heavy atom. The second-order valence-electron chi connectivity index (χ2n) is 23.8. The van der Waals surface area contributed by atoms with E-state index in [2.05, 4.69) is 72.6 Å². The summed E-state index contributed by atoms with van der Waals surface area (Å²) < 4.78 is 9.73. The second kappa shape index (κ2) is 16.7. The molecule has 5 aromatic rings. The SMILES string of the molecule is CCC(NC(=O)OC)C(=O)N1CC2(CC2)C2CC21c1ncc(-c2cc(-c3c4c(c(-c5ccnc(-c6cnc([C@@H]7CC8(CC8)CN7C(=O)[C@@H](CC)NC(=O)OC)[nH]6)c5)c5c3C(C)(C)CC5)C(C)(C)CC4)ccn2)[nH]1.